The monoisotopic (exact) mass is 280 g/mol. The maximum absolute atomic E-state index is 13.6. The zero-order valence-electron chi connectivity index (χ0n) is 9.32. The molecule has 2 rings (SSSR count). The largest absolute Gasteiger partial charge is 0.394 e. The topological polar surface area (TPSA) is 105 Å². The number of rotatable bonds is 2. The summed E-state index contributed by atoms with van der Waals surface area (Å²) in [6.07, 6.45) is -4.73. The van der Waals surface area contributed by atoms with E-state index in [0.717, 1.165) is 16.8 Å². The maximum atomic E-state index is 13.6. The fourth-order valence-corrected chi connectivity index (χ4v) is 1.71. The average Bonchev–Trinajstić information content (AvgIpc) is 2.57. The van der Waals surface area contributed by atoms with Gasteiger partial charge in [-0.15, -0.1) is 0 Å². The molecule has 2 heterocycles. The Kier molecular flexibility index (Phi) is 4.75. The third-order valence-electron chi connectivity index (χ3n) is 2.60. The number of ether oxygens (including phenoxy) is 1. The van der Waals surface area contributed by atoms with Crippen molar-refractivity contribution in [1.82, 2.24) is 9.55 Å². The molecule has 5 atom stereocenters. The van der Waals surface area contributed by atoms with Gasteiger partial charge in [-0.05, 0) is 0 Å². The number of aromatic amines is 1. The number of hydrogen-bond acceptors (Lipinski definition) is 5. The Bertz CT molecular complexity index is 518. The van der Waals surface area contributed by atoms with E-state index in [4.69, 9.17) is 9.84 Å². The van der Waals surface area contributed by atoms with Gasteiger partial charge in [0.05, 0.1) is 6.61 Å². The predicted octanol–water partition coefficient (Wildman–Crippen LogP) is -1.82. The minimum atomic E-state index is -1.85. The third-order valence-corrected chi connectivity index (χ3v) is 2.60. The summed E-state index contributed by atoms with van der Waals surface area (Å²) >= 11 is 0. The Labute approximate surface area is 104 Å². The summed E-state index contributed by atoms with van der Waals surface area (Å²) in [5, 5.41) is 18.2. The van der Waals surface area contributed by atoms with E-state index in [0.29, 0.717) is 0 Å². The molecule has 0 saturated carbocycles. The molecule has 0 aromatic carbocycles. The molecule has 18 heavy (non-hydrogen) atoms. The molecule has 1 aromatic rings. The number of H-pyrrole nitrogens is 1. The van der Waals surface area contributed by atoms with Crippen LogP contribution in [0.15, 0.2) is 21.9 Å². The van der Waals surface area contributed by atoms with Crippen molar-refractivity contribution in [2.75, 3.05) is 6.61 Å². The van der Waals surface area contributed by atoms with E-state index in [-0.39, 0.29) is 9.90 Å². The maximum Gasteiger partial charge on any atom is 0.330 e. The first-order valence-electron chi connectivity index (χ1n) is 4.94. The molecule has 0 spiro atoms. The smallest absolute Gasteiger partial charge is 0.330 e. The number of aromatic nitrogens is 2. The summed E-state index contributed by atoms with van der Waals surface area (Å²) in [6, 6.07) is 1.04. The quantitative estimate of drug-likeness (QED) is 0.553. The van der Waals surface area contributed by atoms with Crippen LogP contribution in [0, 0.1) is 0 Å². The molecule has 0 amide bonds. The van der Waals surface area contributed by atoms with Crippen LogP contribution in [0.1, 0.15) is 6.23 Å². The molecule has 0 radical (unpaired) electrons. The van der Waals surface area contributed by atoms with Gasteiger partial charge in [-0.2, -0.15) is 9.90 Å². The summed E-state index contributed by atoms with van der Waals surface area (Å²) in [4.78, 5) is 24.2. The first kappa shape index (κ1) is 15.0. The Morgan fingerprint density at radius 1 is 1.50 bits per heavy atom. The minimum absolute atomic E-state index is 0. The van der Waals surface area contributed by atoms with Crippen LogP contribution in [0.3, 0.4) is 0 Å². The van der Waals surface area contributed by atoms with Crippen LogP contribution in [-0.2, 0) is 4.74 Å². The normalized spacial score (nSPS) is 31.1. The van der Waals surface area contributed by atoms with Gasteiger partial charge in [0.2, 0.25) is 0 Å². The van der Waals surface area contributed by atoms with Crippen molar-refractivity contribution in [3.63, 3.8) is 0 Å². The van der Waals surface area contributed by atoms with Crippen molar-refractivity contribution in [3.8, 4) is 0 Å². The van der Waals surface area contributed by atoms with Crippen LogP contribution in [0.2, 0.25) is 0 Å². The molecular weight excluding hydrogens is 266 g/mol. The third kappa shape index (κ3) is 2.51. The van der Waals surface area contributed by atoms with Crippen LogP contribution < -0.4 is 11.2 Å². The molecule has 7 nitrogen and oxygen atoms in total. The Balaban J connectivity index is 0.00000162. The number of nitrogens with zero attached hydrogens (tertiary/aromatic N) is 1. The fraction of sp³-hybridized carbons (Fsp3) is 0.556. The van der Waals surface area contributed by atoms with E-state index in [1.165, 1.54) is 0 Å². The van der Waals surface area contributed by atoms with Crippen molar-refractivity contribution in [1.29, 1.82) is 0 Å². The lowest BCUT2D eigenvalue weighted by molar-refractivity contribution is -0.0491. The molecule has 102 valence electrons. The second-order valence-corrected chi connectivity index (χ2v) is 3.70. The van der Waals surface area contributed by atoms with E-state index < -0.39 is 42.5 Å². The first-order valence-corrected chi connectivity index (χ1v) is 4.94. The molecule has 0 aliphatic carbocycles. The number of hydrogen-bond donors (Lipinski definition) is 3. The second kappa shape index (κ2) is 5.71. The van der Waals surface area contributed by atoms with Gasteiger partial charge in [0.1, 0.15) is 12.2 Å². The van der Waals surface area contributed by atoms with Crippen molar-refractivity contribution in [2.24, 2.45) is 0 Å². The Morgan fingerprint density at radius 2 is 2.17 bits per heavy atom. The highest BCUT2D eigenvalue weighted by Crippen LogP contribution is 2.30. The summed E-state index contributed by atoms with van der Waals surface area (Å²) in [6.45, 7) is -0.559. The standard InChI is InChI=1S/C9H11FN2O5.H3P/c10-6-7(15)4(3-13)17-8(6)12-2-1-5(14)11-9(12)16;/h1-2,4,6-8,13,15H,3H2,(H,11,14,16);1H3/t4-,6-,7-,8-;/m1./s1. The molecular formula is C9H14FN2O5P. The van der Waals surface area contributed by atoms with Gasteiger partial charge in [-0.1, -0.05) is 0 Å². The predicted molar refractivity (Wildman–Crippen MR) is 64.3 cm³/mol. The van der Waals surface area contributed by atoms with E-state index in [2.05, 4.69) is 0 Å². The molecule has 0 bridgehead atoms. The molecule has 1 fully saturated rings. The summed E-state index contributed by atoms with van der Waals surface area (Å²) in [5.74, 6) is 0. The number of nitrogens with one attached hydrogen (secondary N) is 1. The molecule has 1 saturated heterocycles. The van der Waals surface area contributed by atoms with E-state index >= 15 is 0 Å². The van der Waals surface area contributed by atoms with Gasteiger partial charge in [-0.25, -0.2) is 9.18 Å². The lowest BCUT2D eigenvalue weighted by Crippen LogP contribution is -2.35. The van der Waals surface area contributed by atoms with Crippen molar-refractivity contribution >= 4 is 9.90 Å². The number of aliphatic hydroxyl groups is 2. The van der Waals surface area contributed by atoms with Crippen molar-refractivity contribution in [2.45, 2.75) is 24.6 Å². The second-order valence-electron chi connectivity index (χ2n) is 3.70. The highest BCUT2D eigenvalue weighted by atomic mass is 31.0. The molecule has 1 aromatic heterocycles. The average molecular weight is 280 g/mol. The summed E-state index contributed by atoms with van der Waals surface area (Å²) < 4.78 is 19.5. The highest BCUT2D eigenvalue weighted by Gasteiger charge is 2.45. The Morgan fingerprint density at radius 3 is 2.67 bits per heavy atom. The lowest BCUT2D eigenvalue weighted by Gasteiger charge is -2.15. The van der Waals surface area contributed by atoms with Gasteiger partial charge >= 0.3 is 5.69 Å². The van der Waals surface area contributed by atoms with Crippen LogP contribution in [-0.4, -0.2) is 44.8 Å². The van der Waals surface area contributed by atoms with Gasteiger partial charge in [0, 0.05) is 12.3 Å². The molecule has 3 N–H and O–H groups in total. The first-order chi connectivity index (χ1) is 8.04. The van der Waals surface area contributed by atoms with Gasteiger partial charge in [0.25, 0.3) is 5.56 Å². The van der Waals surface area contributed by atoms with Crippen LogP contribution in [0.25, 0.3) is 0 Å². The van der Waals surface area contributed by atoms with Crippen LogP contribution in [0.4, 0.5) is 4.39 Å². The van der Waals surface area contributed by atoms with Gasteiger partial charge in [0.15, 0.2) is 12.4 Å². The van der Waals surface area contributed by atoms with Crippen LogP contribution >= 0.6 is 9.90 Å². The minimum Gasteiger partial charge on any atom is -0.394 e. The molecule has 1 aliphatic rings. The van der Waals surface area contributed by atoms with Gasteiger partial charge < -0.3 is 14.9 Å². The lowest BCUT2D eigenvalue weighted by atomic mass is 10.1. The van der Waals surface area contributed by atoms with Crippen LogP contribution in [0.5, 0.6) is 0 Å². The summed E-state index contributed by atoms with van der Waals surface area (Å²) in [7, 11) is 0. The molecule has 1 unspecified atom stereocenters. The number of alkyl halides is 1. The van der Waals surface area contributed by atoms with Crippen molar-refractivity contribution < 1.29 is 19.3 Å². The molecule has 9 heteroatoms. The number of aliphatic hydroxyl groups excluding tert-OH is 2. The highest BCUT2D eigenvalue weighted by molar-refractivity contribution is 6.92. The molecule has 1 aliphatic heterocycles. The summed E-state index contributed by atoms with van der Waals surface area (Å²) in [5.41, 5.74) is -1.45. The zero-order valence-corrected chi connectivity index (χ0v) is 10.7. The van der Waals surface area contributed by atoms with Crippen molar-refractivity contribution in [3.05, 3.63) is 33.1 Å². The zero-order chi connectivity index (χ0) is 12.6. The fourth-order valence-electron chi connectivity index (χ4n) is 1.71. The van der Waals surface area contributed by atoms with E-state index in [9.17, 15) is 19.1 Å². The van der Waals surface area contributed by atoms with Gasteiger partial charge in [-0.3, -0.25) is 14.3 Å². The van der Waals surface area contributed by atoms with E-state index in [1.54, 1.807) is 0 Å². The Hall–Kier alpha value is -1.08. The van der Waals surface area contributed by atoms with E-state index in [1.807, 2.05) is 4.98 Å². The SMILES string of the molecule is O=c1ccn([C@@H]2O[C@H](CO)[C@@H](O)[C@H]2F)c(=O)[nH]1.P. The number of halogens is 1.